The van der Waals surface area contributed by atoms with E-state index in [1.54, 1.807) is 0 Å². The minimum absolute atomic E-state index is 1.03. The van der Waals surface area contributed by atoms with Crippen molar-refractivity contribution in [3.8, 4) is 0 Å². The van der Waals surface area contributed by atoms with E-state index in [9.17, 15) is 0 Å². The second-order valence-electron chi connectivity index (χ2n) is 2.81. The fourth-order valence-electron chi connectivity index (χ4n) is 1.31. The maximum atomic E-state index is 3.29. The number of nitrogens with one attached hydrogen (secondary N) is 1. The zero-order valence-corrected chi connectivity index (χ0v) is 7.37. The predicted molar refractivity (Wildman–Crippen MR) is 49.9 cm³/mol. The van der Waals surface area contributed by atoms with Crippen LogP contribution in [0.2, 0.25) is 0 Å². The number of rotatable bonds is 1. The molecule has 1 aliphatic heterocycles. The molecule has 0 bridgehead atoms. The van der Waals surface area contributed by atoms with Gasteiger partial charge in [0.15, 0.2) is 0 Å². The Hall–Kier alpha value is -0.600. The topological polar surface area (TPSA) is 12.0 Å². The molecular weight excluding hydrogens is 154 g/mol. The summed E-state index contributed by atoms with van der Waals surface area (Å²) in [7, 11) is 0. The minimum atomic E-state index is 1.03. The first-order valence-corrected chi connectivity index (χ1v) is 4.69. The molecule has 0 amide bonds. The van der Waals surface area contributed by atoms with Crippen molar-refractivity contribution < 1.29 is 0 Å². The molecule has 0 spiro atoms. The SMILES string of the molecule is Cc1cc(C2=CCNC2)cs1. The molecule has 0 saturated heterocycles. The van der Waals surface area contributed by atoms with Crippen molar-refractivity contribution in [2.45, 2.75) is 6.92 Å². The molecule has 1 aliphatic rings. The maximum absolute atomic E-state index is 3.29. The Bertz CT molecular complexity index is 286. The number of thiophene rings is 1. The smallest absolute Gasteiger partial charge is 0.0212 e. The molecule has 0 fully saturated rings. The van der Waals surface area contributed by atoms with Crippen LogP contribution in [-0.4, -0.2) is 13.1 Å². The normalized spacial score (nSPS) is 17.0. The maximum Gasteiger partial charge on any atom is 0.0212 e. The van der Waals surface area contributed by atoms with Gasteiger partial charge in [-0.05, 0) is 29.5 Å². The van der Waals surface area contributed by atoms with Gasteiger partial charge in [0.2, 0.25) is 0 Å². The van der Waals surface area contributed by atoms with E-state index in [0.29, 0.717) is 0 Å². The molecule has 11 heavy (non-hydrogen) atoms. The highest BCUT2D eigenvalue weighted by molar-refractivity contribution is 7.10. The average Bonchev–Trinajstić information content (AvgIpc) is 2.55. The zero-order valence-electron chi connectivity index (χ0n) is 6.55. The van der Waals surface area contributed by atoms with Crippen molar-refractivity contribution >= 4 is 16.9 Å². The Kier molecular flexibility index (Phi) is 1.80. The molecule has 1 aromatic rings. The van der Waals surface area contributed by atoms with Gasteiger partial charge < -0.3 is 5.32 Å². The van der Waals surface area contributed by atoms with Crippen LogP contribution < -0.4 is 5.32 Å². The summed E-state index contributed by atoms with van der Waals surface area (Å²) < 4.78 is 0. The first-order chi connectivity index (χ1) is 5.36. The van der Waals surface area contributed by atoms with Crippen molar-refractivity contribution in [3.63, 3.8) is 0 Å². The molecule has 0 saturated carbocycles. The van der Waals surface area contributed by atoms with Gasteiger partial charge in [-0.3, -0.25) is 0 Å². The Morgan fingerprint density at radius 3 is 3.00 bits per heavy atom. The van der Waals surface area contributed by atoms with E-state index in [2.05, 4.69) is 29.8 Å². The van der Waals surface area contributed by atoms with Crippen LogP contribution in [0.3, 0.4) is 0 Å². The van der Waals surface area contributed by atoms with Crippen molar-refractivity contribution in [1.82, 2.24) is 5.32 Å². The summed E-state index contributed by atoms with van der Waals surface area (Å²) in [5, 5.41) is 5.52. The summed E-state index contributed by atoms with van der Waals surface area (Å²) in [6.45, 7) is 4.22. The lowest BCUT2D eigenvalue weighted by Crippen LogP contribution is -2.07. The van der Waals surface area contributed by atoms with Crippen molar-refractivity contribution in [3.05, 3.63) is 28.0 Å². The van der Waals surface area contributed by atoms with E-state index >= 15 is 0 Å². The van der Waals surface area contributed by atoms with Crippen molar-refractivity contribution in [1.29, 1.82) is 0 Å². The van der Waals surface area contributed by atoms with Gasteiger partial charge >= 0.3 is 0 Å². The quantitative estimate of drug-likeness (QED) is 0.671. The minimum Gasteiger partial charge on any atom is -0.309 e. The molecule has 2 heteroatoms. The monoisotopic (exact) mass is 165 g/mol. The van der Waals surface area contributed by atoms with Crippen LogP contribution in [0.4, 0.5) is 0 Å². The van der Waals surface area contributed by atoms with Crippen LogP contribution in [0, 0.1) is 6.92 Å². The highest BCUT2D eigenvalue weighted by atomic mass is 32.1. The third-order valence-electron chi connectivity index (χ3n) is 1.91. The lowest BCUT2D eigenvalue weighted by molar-refractivity contribution is 0.897. The second kappa shape index (κ2) is 2.80. The second-order valence-corrected chi connectivity index (χ2v) is 3.92. The number of hydrogen-bond donors (Lipinski definition) is 1. The van der Waals surface area contributed by atoms with Crippen LogP contribution in [-0.2, 0) is 0 Å². The molecule has 2 heterocycles. The van der Waals surface area contributed by atoms with E-state index in [0.717, 1.165) is 13.1 Å². The van der Waals surface area contributed by atoms with E-state index in [-0.39, 0.29) is 0 Å². The van der Waals surface area contributed by atoms with Crippen LogP contribution in [0.25, 0.3) is 5.57 Å². The molecular formula is C9H11NS. The van der Waals surface area contributed by atoms with Gasteiger partial charge in [0.25, 0.3) is 0 Å². The lowest BCUT2D eigenvalue weighted by Gasteiger charge is -1.94. The highest BCUT2D eigenvalue weighted by Gasteiger charge is 2.06. The summed E-state index contributed by atoms with van der Waals surface area (Å²) in [5.74, 6) is 0. The third-order valence-corrected chi connectivity index (χ3v) is 2.77. The van der Waals surface area contributed by atoms with E-state index in [1.165, 1.54) is 16.0 Å². The molecule has 2 rings (SSSR count). The predicted octanol–water partition coefficient (Wildman–Crippen LogP) is 2.04. The van der Waals surface area contributed by atoms with Gasteiger partial charge in [0.1, 0.15) is 0 Å². The summed E-state index contributed by atoms with van der Waals surface area (Å²) >= 11 is 1.82. The van der Waals surface area contributed by atoms with Gasteiger partial charge in [-0.2, -0.15) is 0 Å². The van der Waals surface area contributed by atoms with Crippen LogP contribution >= 0.6 is 11.3 Å². The zero-order chi connectivity index (χ0) is 7.68. The standard InChI is InChI=1S/C9H11NS/c1-7-4-9(6-11-7)8-2-3-10-5-8/h2,4,6,10H,3,5H2,1H3. The third kappa shape index (κ3) is 1.37. The molecule has 58 valence electrons. The van der Waals surface area contributed by atoms with Gasteiger partial charge in [0.05, 0.1) is 0 Å². The Balaban J connectivity index is 2.28. The van der Waals surface area contributed by atoms with E-state index in [1.807, 2.05) is 11.3 Å². The lowest BCUT2D eigenvalue weighted by atomic mass is 10.1. The summed E-state index contributed by atoms with van der Waals surface area (Å²) in [6.07, 6.45) is 2.27. The van der Waals surface area contributed by atoms with E-state index in [4.69, 9.17) is 0 Å². The molecule has 0 atom stereocenters. The van der Waals surface area contributed by atoms with Crippen LogP contribution in [0.1, 0.15) is 10.4 Å². The molecule has 1 N–H and O–H groups in total. The van der Waals surface area contributed by atoms with Crippen LogP contribution in [0.15, 0.2) is 17.5 Å². The van der Waals surface area contributed by atoms with E-state index < -0.39 is 0 Å². The Morgan fingerprint density at radius 1 is 1.55 bits per heavy atom. The van der Waals surface area contributed by atoms with Crippen molar-refractivity contribution in [2.75, 3.05) is 13.1 Å². The van der Waals surface area contributed by atoms with Crippen LogP contribution in [0.5, 0.6) is 0 Å². The molecule has 1 nitrogen and oxygen atoms in total. The summed E-state index contributed by atoms with van der Waals surface area (Å²) in [6, 6.07) is 2.25. The Morgan fingerprint density at radius 2 is 2.45 bits per heavy atom. The fraction of sp³-hybridized carbons (Fsp3) is 0.333. The first-order valence-electron chi connectivity index (χ1n) is 3.81. The van der Waals surface area contributed by atoms with Gasteiger partial charge in [0, 0.05) is 18.0 Å². The van der Waals surface area contributed by atoms with Crippen molar-refractivity contribution in [2.24, 2.45) is 0 Å². The summed E-state index contributed by atoms with van der Waals surface area (Å²) in [4.78, 5) is 1.40. The van der Waals surface area contributed by atoms with Gasteiger partial charge in [-0.1, -0.05) is 6.08 Å². The first kappa shape index (κ1) is 7.07. The van der Waals surface area contributed by atoms with Gasteiger partial charge in [-0.25, -0.2) is 0 Å². The molecule has 0 aliphatic carbocycles. The fourth-order valence-corrected chi connectivity index (χ4v) is 2.03. The Labute approximate surface area is 70.8 Å². The number of hydrogen-bond acceptors (Lipinski definition) is 2. The van der Waals surface area contributed by atoms with Gasteiger partial charge in [-0.15, -0.1) is 11.3 Å². The number of aryl methyl sites for hydroxylation is 1. The molecule has 0 radical (unpaired) electrons. The molecule has 0 aromatic carbocycles. The highest BCUT2D eigenvalue weighted by Crippen LogP contribution is 2.21. The average molecular weight is 165 g/mol. The molecule has 1 aromatic heterocycles. The summed E-state index contributed by atoms with van der Waals surface area (Å²) in [5.41, 5.74) is 2.85. The molecule has 0 unspecified atom stereocenters. The largest absolute Gasteiger partial charge is 0.309 e.